The first-order valence-corrected chi connectivity index (χ1v) is 5.09. The summed E-state index contributed by atoms with van der Waals surface area (Å²) in [7, 11) is 0. The van der Waals surface area contributed by atoms with Gasteiger partial charge in [-0.15, -0.1) is 0 Å². The molecule has 0 saturated heterocycles. The Kier molecular flexibility index (Phi) is 17.9. The molecule has 0 spiro atoms. The molecule has 0 aliphatic heterocycles. The summed E-state index contributed by atoms with van der Waals surface area (Å²) in [6.07, 6.45) is 0. The summed E-state index contributed by atoms with van der Waals surface area (Å²) in [5.41, 5.74) is 0. The van der Waals surface area contributed by atoms with Crippen LogP contribution in [0.3, 0.4) is 0 Å². The third-order valence-electron chi connectivity index (χ3n) is 0. The number of rotatable bonds is 0. The van der Waals surface area contributed by atoms with Gasteiger partial charge >= 0.3 is 106 Å². The zero-order valence-corrected chi connectivity index (χ0v) is 11.1. The van der Waals surface area contributed by atoms with E-state index in [9.17, 15) is 0 Å². The summed E-state index contributed by atoms with van der Waals surface area (Å²) in [5.74, 6) is 0. The Hall–Kier alpha value is 1.61. The molecule has 0 aromatic carbocycles. The number of hydrogen-bond acceptors (Lipinski definition) is 8. The summed E-state index contributed by atoms with van der Waals surface area (Å²) in [6.45, 7) is 0. The quantitative estimate of drug-likeness (QED) is 0.397. The van der Waals surface area contributed by atoms with Gasteiger partial charge in [-0.2, -0.15) is 0 Å². The van der Waals surface area contributed by atoms with E-state index in [0.717, 1.165) is 0 Å². The molecule has 0 rings (SSSR count). The topological polar surface area (TPSA) is 161 Å². The zero-order valence-electron chi connectivity index (χ0n) is 5.60. The Labute approximate surface area is 105 Å². The van der Waals surface area contributed by atoms with E-state index in [1.165, 1.54) is 0 Å². The Morgan fingerprint density at radius 3 is 0.667 bits per heavy atom. The van der Waals surface area contributed by atoms with Gasteiger partial charge < -0.3 is 0 Å². The molecule has 0 amide bonds. The molecule has 0 atom stereocenters. The van der Waals surface area contributed by atoms with E-state index in [-0.39, 0.29) is 46.9 Å². The molecule has 0 radical (unpaired) electrons. The second-order valence-electron chi connectivity index (χ2n) is 0.756. The molecule has 0 aliphatic carbocycles. The fourth-order valence-corrected chi connectivity index (χ4v) is 0. The summed E-state index contributed by atoms with van der Waals surface area (Å²) in [6, 6.07) is 0. The molecule has 66 valence electrons. The molecule has 12 heavy (non-hydrogen) atoms. The van der Waals surface area contributed by atoms with Crippen LogP contribution < -0.4 is 46.3 Å². The van der Waals surface area contributed by atoms with Crippen molar-refractivity contribution in [3.63, 3.8) is 0 Å². The first-order chi connectivity index (χ1) is 4.00. The van der Waals surface area contributed by atoms with Crippen molar-refractivity contribution in [2.24, 2.45) is 0 Å². The van der Waals surface area contributed by atoms with Gasteiger partial charge in [-0.05, 0) is 0 Å². The van der Waals surface area contributed by atoms with Crippen LogP contribution in [0.15, 0.2) is 0 Å². The van der Waals surface area contributed by atoms with Gasteiger partial charge in [0.2, 0.25) is 0 Å². The molecule has 0 N–H and O–H groups in total. The van der Waals surface area contributed by atoms with E-state index in [0.29, 0.717) is 0 Å². The van der Waals surface area contributed by atoms with Gasteiger partial charge in [0.25, 0.3) is 0 Å². The summed E-state index contributed by atoms with van der Waals surface area (Å²) >= 11 is -11.2. The minimum absolute atomic E-state index is 0. The minimum atomic E-state index is -5.62. The van der Waals surface area contributed by atoms with E-state index in [1.54, 1.807) is 0 Å². The Bertz CT molecular complexity index is 213. The van der Waals surface area contributed by atoms with Crippen molar-refractivity contribution in [2.45, 2.75) is 0 Å². The Morgan fingerprint density at radius 2 is 0.667 bits per heavy atom. The van der Waals surface area contributed by atoms with Crippen LogP contribution in [0.1, 0.15) is 0 Å². The maximum atomic E-state index is 8.58. The van der Waals surface area contributed by atoms with Crippen molar-refractivity contribution < 1.29 is 88.4 Å². The maximum absolute atomic E-state index is 8.58. The van der Waals surface area contributed by atoms with Crippen molar-refractivity contribution in [3.8, 4) is 0 Å². The first-order valence-electron chi connectivity index (χ1n) is 1.23. The molecule has 0 saturated carbocycles. The molecule has 0 aromatic rings. The molecule has 0 heterocycles. The summed E-state index contributed by atoms with van der Waals surface area (Å²) in [4.78, 5) is 0. The second-order valence-corrected chi connectivity index (χ2v) is 3.12. The first kappa shape index (κ1) is 23.4. The molecule has 0 aliphatic rings. The normalized spacial score (nSPS) is 9.67. The van der Waals surface area contributed by atoms with Gasteiger partial charge in [-0.1, -0.05) is 0 Å². The monoisotopic (exact) mass is 288 g/mol. The van der Waals surface area contributed by atoms with Crippen LogP contribution in [0.4, 0.5) is 0 Å². The molecule has 8 nitrogen and oxygen atoms in total. The second kappa shape index (κ2) is 9.18. The standard InChI is InChI=1S/Al.2Mn.Na.8O/q+3;;;+1;;;;;4*-1. The van der Waals surface area contributed by atoms with E-state index in [1.807, 2.05) is 0 Å². The van der Waals surface area contributed by atoms with E-state index in [2.05, 4.69) is 0 Å². The van der Waals surface area contributed by atoms with Crippen LogP contribution in [0.5, 0.6) is 0 Å². The Balaban J connectivity index is -0.0000000457. The van der Waals surface area contributed by atoms with Crippen molar-refractivity contribution in [3.05, 3.63) is 0 Å². The molecular formula is AlMn2NaO8. The Morgan fingerprint density at radius 1 is 0.667 bits per heavy atom. The fourth-order valence-electron chi connectivity index (χ4n) is 0. The van der Waals surface area contributed by atoms with E-state index >= 15 is 0 Å². The third kappa shape index (κ3) is 504. The SMILES string of the molecule is [Al+3].[Na+].[O]=[Mn](=[O])([O-])[O-].[O]=[Mn](=[O])([O-])[O-]. The van der Waals surface area contributed by atoms with Crippen LogP contribution in [0, 0.1) is 0 Å². The molecule has 0 bridgehead atoms. The van der Waals surface area contributed by atoms with Crippen LogP contribution >= 0.6 is 0 Å². The number of hydrogen-bond donors (Lipinski definition) is 0. The van der Waals surface area contributed by atoms with Crippen LogP contribution in [-0.4, -0.2) is 17.4 Å². The average molecular weight is 288 g/mol. The van der Waals surface area contributed by atoms with Gasteiger partial charge in [0.1, 0.15) is 0 Å². The third-order valence-corrected chi connectivity index (χ3v) is 0. The average Bonchev–Trinajstić information content (AvgIpc) is 1.12. The summed E-state index contributed by atoms with van der Waals surface area (Å²) in [5, 5.41) is 0. The van der Waals surface area contributed by atoms with Crippen molar-refractivity contribution in [1.29, 1.82) is 0 Å². The van der Waals surface area contributed by atoms with Crippen molar-refractivity contribution in [2.75, 3.05) is 0 Å². The predicted molar refractivity (Wildman–Crippen MR) is 8.50 cm³/mol. The molecular weight excluding hydrogens is 288 g/mol. The van der Waals surface area contributed by atoms with Gasteiger partial charge in [-0.3, -0.25) is 0 Å². The van der Waals surface area contributed by atoms with Crippen LogP contribution in [-0.2, 0) is 42.1 Å². The van der Waals surface area contributed by atoms with Crippen molar-refractivity contribution in [1.82, 2.24) is 0 Å². The van der Waals surface area contributed by atoms with Gasteiger partial charge in [0, 0.05) is 0 Å². The van der Waals surface area contributed by atoms with Gasteiger partial charge in [-0.25, -0.2) is 0 Å². The summed E-state index contributed by atoms with van der Waals surface area (Å²) < 4.78 is 68.6. The van der Waals surface area contributed by atoms with Crippen LogP contribution in [0.25, 0.3) is 0 Å². The van der Waals surface area contributed by atoms with Crippen molar-refractivity contribution >= 4 is 17.4 Å². The molecule has 12 heteroatoms. The van der Waals surface area contributed by atoms with E-state index in [4.69, 9.17) is 32.1 Å². The molecule has 0 unspecified atom stereocenters. The van der Waals surface area contributed by atoms with Crippen LogP contribution in [0.2, 0.25) is 0 Å². The fraction of sp³-hybridized carbons (Fsp3) is 0. The molecule has 0 aromatic heterocycles. The van der Waals surface area contributed by atoms with Gasteiger partial charge in [0.05, 0.1) is 0 Å². The molecule has 0 fully saturated rings. The predicted octanol–water partition coefficient (Wildman–Crippen LogP) is -8.61. The zero-order chi connectivity index (χ0) is 9.00. The van der Waals surface area contributed by atoms with Gasteiger partial charge in [0.15, 0.2) is 0 Å². The van der Waals surface area contributed by atoms with E-state index < -0.39 is 26.7 Å².